The van der Waals surface area contributed by atoms with Gasteiger partial charge in [-0.2, -0.15) is 0 Å². The summed E-state index contributed by atoms with van der Waals surface area (Å²) in [5.74, 6) is -0.0738. The molecule has 0 radical (unpaired) electrons. The van der Waals surface area contributed by atoms with Crippen molar-refractivity contribution in [2.45, 2.75) is 6.10 Å². The van der Waals surface area contributed by atoms with E-state index in [0.29, 0.717) is 41.8 Å². The molecule has 1 atom stereocenters. The summed E-state index contributed by atoms with van der Waals surface area (Å²) in [5, 5.41) is 0.821. The van der Waals surface area contributed by atoms with Gasteiger partial charge in [-0.1, -0.05) is 23.2 Å². The van der Waals surface area contributed by atoms with Crippen LogP contribution < -0.4 is 5.73 Å². The highest BCUT2D eigenvalue weighted by atomic mass is 35.5. The van der Waals surface area contributed by atoms with Gasteiger partial charge in [0.1, 0.15) is 0 Å². The van der Waals surface area contributed by atoms with Crippen LogP contribution in [0.3, 0.4) is 0 Å². The van der Waals surface area contributed by atoms with Crippen LogP contribution in [0.25, 0.3) is 0 Å². The first-order valence-electron chi connectivity index (χ1n) is 5.68. The third-order valence-corrected chi connectivity index (χ3v) is 3.59. The molecule has 0 saturated carbocycles. The molecule has 0 aliphatic carbocycles. The molecule has 1 aliphatic heterocycles. The molecule has 1 aromatic rings. The number of nitrogens with two attached hydrogens (primary N) is 1. The molecule has 0 spiro atoms. The number of carbonyl (C=O) groups is 1. The Bertz CT molecular complexity index is 457. The SMILES string of the molecule is Cl.NC[C@H]1CN(C(=O)c2ccc(Cl)c(Cl)c2)CCO1. The number of hydrogen-bond acceptors (Lipinski definition) is 3. The summed E-state index contributed by atoms with van der Waals surface area (Å²) >= 11 is 11.7. The summed E-state index contributed by atoms with van der Waals surface area (Å²) in [7, 11) is 0. The Morgan fingerprint density at radius 3 is 2.79 bits per heavy atom. The standard InChI is InChI=1S/C12H14Cl2N2O2.ClH/c13-10-2-1-8(5-11(10)14)12(17)16-3-4-18-9(6-15)7-16;/h1-2,5,9H,3-4,6-7,15H2;1H/t9-;/m0./s1. The van der Waals surface area contributed by atoms with Gasteiger partial charge in [-0.3, -0.25) is 4.79 Å². The van der Waals surface area contributed by atoms with Crippen molar-refractivity contribution in [2.24, 2.45) is 5.73 Å². The van der Waals surface area contributed by atoms with Crippen LogP contribution in [0, 0.1) is 0 Å². The molecule has 1 heterocycles. The van der Waals surface area contributed by atoms with Crippen LogP contribution in [0.5, 0.6) is 0 Å². The average molecular weight is 326 g/mol. The minimum atomic E-state index is -0.0922. The molecule has 4 nitrogen and oxygen atoms in total. The lowest BCUT2D eigenvalue weighted by atomic mass is 10.1. The Morgan fingerprint density at radius 2 is 2.16 bits per heavy atom. The second-order valence-corrected chi connectivity index (χ2v) is 4.92. The Hall–Kier alpha value is -0.520. The predicted molar refractivity (Wildman–Crippen MR) is 78.4 cm³/mol. The molecular formula is C12H15Cl3N2O2. The molecule has 1 aliphatic rings. The van der Waals surface area contributed by atoms with Crippen molar-refractivity contribution in [3.63, 3.8) is 0 Å². The summed E-state index contributed by atoms with van der Waals surface area (Å²) < 4.78 is 5.42. The van der Waals surface area contributed by atoms with E-state index in [1.807, 2.05) is 0 Å². The fourth-order valence-electron chi connectivity index (χ4n) is 1.86. The highest BCUT2D eigenvalue weighted by Crippen LogP contribution is 2.23. The molecule has 2 N–H and O–H groups in total. The van der Waals surface area contributed by atoms with Gasteiger partial charge in [0.2, 0.25) is 0 Å². The maximum Gasteiger partial charge on any atom is 0.254 e. The largest absolute Gasteiger partial charge is 0.373 e. The van der Waals surface area contributed by atoms with Gasteiger partial charge in [0.05, 0.1) is 22.8 Å². The van der Waals surface area contributed by atoms with E-state index in [-0.39, 0.29) is 24.4 Å². The number of halogens is 3. The molecule has 19 heavy (non-hydrogen) atoms. The van der Waals surface area contributed by atoms with E-state index in [9.17, 15) is 4.79 Å². The maximum absolute atomic E-state index is 12.3. The molecule has 1 aromatic carbocycles. The molecule has 0 aromatic heterocycles. The topological polar surface area (TPSA) is 55.6 Å². The lowest BCUT2D eigenvalue weighted by Crippen LogP contribution is -2.48. The van der Waals surface area contributed by atoms with Crippen molar-refractivity contribution in [1.82, 2.24) is 4.90 Å². The molecule has 2 rings (SSSR count). The van der Waals surface area contributed by atoms with Crippen LogP contribution in [0.1, 0.15) is 10.4 Å². The number of amides is 1. The lowest BCUT2D eigenvalue weighted by Gasteiger charge is -2.32. The quantitative estimate of drug-likeness (QED) is 0.907. The van der Waals surface area contributed by atoms with Crippen molar-refractivity contribution in [3.8, 4) is 0 Å². The van der Waals surface area contributed by atoms with Crippen LogP contribution in [0.2, 0.25) is 10.0 Å². The van der Waals surface area contributed by atoms with Crippen molar-refractivity contribution >= 4 is 41.5 Å². The third kappa shape index (κ3) is 3.97. The van der Waals surface area contributed by atoms with Gasteiger partial charge in [0.15, 0.2) is 0 Å². The number of carbonyl (C=O) groups excluding carboxylic acids is 1. The summed E-state index contributed by atoms with van der Waals surface area (Å²) in [6, 6.07) is 4.88. The molecule has 1 amide bonds. The minimum absolute atomic E-state index is 0. The van der Waals surface area contributed by atoms with E-state index in [2.05, 4.69) is 0 Å². The monoisotopic (exact) mass is 324 g/mol. The minimum Gasteiger partial charge on any atom is -0.373 e. The van der Waals surface area contributed by atoms with Gasteiger partial charge in [0.25, 0.3) is 5.91 Å². The molecule has 0 unspecified atom stereocenters. The Labute approximate surface area is 128 Å². The van der Waals surface area contributed by atoms with Crippen LogP contribution in [-0.4, -0.2) is 43.2 Å². The number of benzene rings is 1. The lowest BCUT2D eigenvalue weighted by molar-refractivity contribution is -0.0167. The van der Waals surface area contributed by atoms with Crippen LogP contribution in [0.15, 0.2) is 18.2 Å². The number of ether oxygens (including phenoxy) is 1. The summed E-state index contributed by atoms with van der Waals surface area (Å²) in [6.07, 6.45) is -0.0922. The zero-order chi connectivity index (χ0) is 13.1. The van der Waals surface area contributed by atoms with E-state index >= 15 is 0 Å². The van der Waals surface area contributed by atoms with Gasteiger partial charge >= 0.3 is 0 Å². The average Bonchev–Trinajstić information content (AvgIpc) is 2.41. The second-order valence-electron chi connectivity index (χ2n) is 4.11. The molecule has 1 saturated heterocycles. The first-order chi connectivity index (χ1) is 8.61. The predicted octanol–water partition coefficient (Wildman–Crippen LogP) is 2.21. The van der Waals surface area contributed by atoms with Gasteiger partial charge < -0.3 is 15.4 Å². The first kappa shape index (κ1) is 16.5. The number of nitrogens with zero attached hydrogens (tertiary/aromatic N) is 1. The number of hydrogen-bond donors (Lipinski definition) is 1. The molecular weight excluding hydrogens is 311 g/mol. The van der Waals surface area contributed by atoms with E-state index in [1.54, 1.807) is 23.1 Å². The summed E-state index contributed by atoms with van der Waals surface area (Å²) in [5.41, 5.74) is 6.08. The van der Waals surface area contributed by atoms with Crippen LogP contribution in [-0.2, 0) is 4.74 Å². The smallest absolute Gasteiger partial charge is 0.254 e. The van der Waals surface area contributed by atoms with Crippen molar-refractivity contribution < 1.29 is 9.53 Å². The molecule has 7 heteroatoms. The van der Waals surface area contributed by atoms with Crippen molar-refractivity contribution in [3.05, 3.63) is 33.8 Å². The van der Waals surface area contributed by atoms with Gasteiger partial charge in [-0.15, -0.1) is 12.4 Å². The van der Waals surface area contributed by atoms with E-state index in [1.165, 1.54) is 0 Å². The van der Waals surface area contributed by atoms with E-state index in [0.717, 1.165) is 0 Å². The fraction of sp³-hybridized carbons (Fsp3) is 0.417. The second kappa shape index (κ2) is 7.31. The number of rotatable bonds is 2. The van der Waals surface area contributed by atoms with Crippen molar-refractivity contribution in [2.75, 3.05) is 26.2 Å². The normalized spacial score (nSPS) is 18.9. The Morgan fingerprint density at radius 1 is 1.42 bits per heavy atom. The summed E-state index contributed by atoms with van der Waals surface area (Å²) in [4.78, 5) is 14.0. The van der Waals surface area contributed by atoms with Crippen molar-refractivity contribution in [1.29, 1.82) is 0 Å². The van der Waals surface area contributed by atoms with Crippen LogP contribution in [0.4, 0.5) is 0 Å². The third-order valence-electron chi connectivity index (χ3n) is 2.86. The zero-order valence-corrected chi connectivity index (χ0v) is 12.5. The highest BCUT2D eigenvalue weighted by molar-refractivity contribution is 6.42. The molecule has 106 valence electrons. The van der Waals surface area contributed by atoms with Gasteiger partial charge in [-0.05, 0) is 18.2 Å². The van der Waals surface area contributed by atoms with E-state index in [4.69, 9.17) is 33.7 Å². The highest BCUT2D eigenvalue weighted by Gasteiger charge is 2.24. The maximum atomic E-state index is 12.3. The first-order valence-corrected chi connectivity index (χ1v) is 6.43. The number of morpholine rings is 1. The van der Waals surface area contributed by atoms with Gasteiger partial charge in [0, 0.05) is 25.2 Å². The zero-order valence-electron chi connectivity index (χ0n) is 10.1. The Balaban J connectivity index is 0.00000180. The molecule has 1 fully saturated rings. The fourth-order valence-corrected chi connectivity index (χ4v) is 2.16. The van der Waals surface area contributed by atoms with Gasteiger partial charge in [-0.25, -0.2) is 0 Å². The summed E-state index contributed by atoms with van der Waals surface area (Å²) in [6.45, 7) is 1.99. The van der Waals surface area contributed by atoms with Crippen LogP contribution >= 0.6 is 35.6 Å². The van der Waals surface area contributed by atoms with E-state index < -0.39 is 0 Å². The Kier molecular flexibility index (Phi) is 6.36. The molecule has 0 bridgehead atoms.